The topological polar surface area (TPSA) is 78.9 Å². The fourth-order valence-corrected chi connectivity index (χ4v) is 2.00. The molecule has 0 atom stereocenters. The van der Waals surface area contributed by atoms with Gasteiger partial charge >= 0.3 is 6.01 Å². The fraction of sp³-hybridized carbons (Fsp3) is 0.545. The van der Waals surface area contributed by atoms with Crippen LogP contribution in [0.2, 0.25) is 0 Å². The molecule has 16 heavy (non-hydrogen) atoms. The minimum absolute atomic E-state index is 0.170. The number of carbonyl (C=O) groups is 1. The van der Waals surface area contributed by atoms with Gasteiger partial charge in [-0.1, -0.05) is 12.8 Å². The van der Waals surface area contributed by atoms with Crippen molar-refractivity contribution in [1.29, 1.82) is 5.26 Å². The van der Waals surface area contributed by atoms with Gasteiger partial charge in [0.25, 0.3) is 0 Å². The van der Waals surface area contributed by atoms with Crippen molar-refractivity contribution in [3.8, 4) is 6.07 Å². The summed E-state index contributed by atoms with van der Waals surface area (Å²) in [5, 5.41) is 11.7. The minimum atomic E-state index is -0.887. The second-order valence-corrected chi connectivity index (χ2v) is 4.15. The Balaban J connectivity index is 2.11. The monoisotopic (exact) mass is 219 g/mol. The van der Waals surface area contributed by atoms with Crippen LogP contribution in [-0.4, -0.2) is 10.9 Å². The Bertz CT molecular complexity index is 438. The number of nitrogens with zero attached hydrogens (tertiary/aromatic N) is 2. The lowest BCUT2D eigenvalue weighted by Gasteiger charge is -2.17. The Morgan fingerprint density at radius 1 is 1.62 bits per heavy atom. The maximum atomic E-state index is 11.9. The first-order valence-electron chi connectivity index (χ1n) is 5.31. The average Bonchev–Trinajstić information content (AvgIpc) is 2.88. The SMILES string of the molecule is Cc1coc(NC(=O)C2(C#N)CCCC2)n1. The van der Waals surface area contributed by atoms with Crippen LogP contribution < -0.4 is 5.32 Å². The van der Waals surface area contributed by atoms with Crippen molar-refractivity contribution in [1.82, 2.24) is 4.98 Å². The van der Waals surface area contributed by atoms with Gasteiger partial charge in [-0.25, -0.2) is 0 Å². The van der Waals surface area contributed by atoms with E-state index in [9.17, 15) is 4.79 Å². The number of hydrogen-bond acceptors (Lipinski definition) is 4. The number of aryl methyl sites for hydroxylation is 1. The van der Waals surface area contributed by atoms with E-state index in [1.54, 1.807) is 6.92 Å². The number of hydrogen-bond donors (Lipinski definition) is 1. The summed E-state index contributed by atoms with van der Waals surface area (Å²) in [4.78, 5) is 15.9. The number of nitrogens with one attached hydrogen (secondary N) is 1. The van der Waals surface area contributed by atoms with E-state index in [-0.39, 0.29) is 11.9 Å². The van der Waals surface area contributed by atoms with Gasteiger partial charge in [0.05, 0.1) is 11.8 Å². The molecule has 1 aromatic rings. The molecule has 1 aliphatic rings. The lowest BCUT2D eigenvalue weighted by Crippen LogP contribution is -2.32. The first-order valence-corrected chi connectivity index (χ1v) is 5.31. The van der Waals surface area contributed by atoms with Crippen molar-refractivity contribution < 1.29 is 9.21 Å². The number of aromatic nitrogens is 1. The molecule has 1 aliphatic carbocycles. The van der Waals surface area contributed by atoms with Crippen LogP contribution in [0.1, 0.15) is 31.4 Å². The Labute approximate surface area is 93.5 Å². The summed E-state index contributed by atoms with van der Waals surface area (Å²) in [7, 11) is 0. The predicted molar refractivity (Wildman–Crippen MR) is 56.4 cm³/mol. The standard InChI is InChI=1S/C11H13N3O2/c1-8-6-16-10(13-8)14-9(15)11(7-12)4-2-3-5-11/h6H,2-5H2,1H3,(H,13,14,15). The third kappa shape index (κ3) is 1.78. The molecule has 0 saturated heterocycles. The van der Waals surface area contributed by atoms with E-state index in [1.807, 2.05) is 0 Å². The average molecular weight is 219 g/mol. The van der Waals surface area contributed by atoms with Crippen LogP contribution in [0.3, 0.4) is 0 Å². The third-order valence-corrected chi connectivity index (χ3v) is 2.95. The number of rotatable bonds is 2. The van der Waals surface area contributed by atoms with E-state index in [4.69, 9.17) is 9.68 Å². The number of nitriles is 1. The van der Waals surface area contributed by atoms with Gasteiger partial charge in [0.15, 0.2) is 0 Å². The zero-order valence-corrected chi connectivity index (χ0v) is 9.12. The Hall–Kier alpha value is -1.83. The number of oxazole rings is 1. The van der Waals surface area contributed by atoms with Crippen LogP contribution in [0.4, 0.5) is 6.01 Å². The second kappa shape index (κ2) is 3.97. The summed E-state index contributed by atoms with van der Waals surface area (Å²) in [6, 6.07) is 2.29. The number of carbonyl (C=O) groups excluding carboxylic acids is 1. The Morgan fingerprint density at radius 2 is 2.31 bits per heavy atom. The van der Waals surface area contributed by atoms with Crippen LogP contribution >= 0.6 is 0 Å². The zero-order chi connectivity index (χ0) is 11.6. The van der Waals surface area contributed by atoms with Crippen LogP contribution in [0.25, 0.3) is 0 Å². The third-order valence-electron chi connectivity index (χ3n) is 2.95. The van der Waals surface area contributed by atoms with E-state index < -0.39 is 5.41 Å². The highest BCUT2D eigenvalue weighted by Crippen LogP contribution is 2.38. The van der Waals surface area contributed by atoms with Crippen molar-refractivity contribution in [3.63, 3.8) is 0 Å². The molecular formula is C11H13N3O2. The highest BCUT2D eigenvalue weighted by atomic mass is 16.4. The van der Waals surface area contributed by atoms with Gasteiger partial charge in [0.1, 0.15) is 11.7 Å². The second-order valence-electron chi connectivity index (χ2n) is 4.15. The van der Waals surface area contributed by atoms with E-state index in [0.717, 1.165) is 12.8 Å². The first-order chi connectivity index (χ1) is 7.66. The molecule has 0 aromatic carbocycles. The summed E-state index contributed by atoms with van der Waals surface area (Å²) in [5.74, 6) is -0.297. The molecule has 1 amide bonds. The van der Waals surface area contributed by atoms with E-state index in [1.165, 1.54) is 6.26 Å². The van der Waals surface area contributed by atoms with Gasteiger partial charge in [0.2, 0.25) is 5.91 Å². The molecule has 0 aliphatic heterocycles. The summed E-state index contributed by atoms with van der Waals surface area (Å²) in [6.45, 7) is 1.77. The molecule has 5 nitrogen and oxygen atoms in total. The summed E-state index contributed by atoms with van der Waals surface area (Å²) in [6.07, 6.45) is 4.55. The molecule has 1 aromatic heterocycles. The summed E-state index contributed by atoms with van der Waals surface area (Å²) in [5.41, 5.74) is -0.185. The number of amides is 1. The van der Waals surface area contributed by atoms with E-state index >= 15 is 0 Å². The lowest BCUT2D eigenvalue weighted by molar-refractivity contribution is -0.122. The molecule has 5 heteroatoms. The highest BCUT2D eigenvalue weighted by Gasteiger charge is 2.42. The van der Waals surface area contributed by atoms with Gasteiger partial charge in [-0.05, 0) is 19.8 Å². The fourth-order valence-electron chi connectivity index (χ4n) is 2.00. The van der Waals surface area contributed by atoms with Gasteiger partial charge < -0.3 is 4.42 Å². The smallest absolute Gasteiger partial charge is 0.301 e. The van der Waals surface area contributed by atoms with Crippen molar-refractivity contribution in [3.05, 3.63) is 12.0 Å². The molecule has 84 valence electrons. The van der Waals surface area contributed by atoms with Crippen LogP contribution in [0, 0.1) is 23.7 Å². The predicted octanol–water partition coefficient (Wildman–Crippen LogP) is 2.01. The molecular weight excluding hydrogens is 206 g/mol. The van der Waals surface area contributed by atoms with Gasteiger partial charge in [-0.3, -0.25) is 10.1 Å². The highest BCUT2D eigenvalue weighted by molar-refractivity contribution is 5.95. The molecule has 0 radical (unpaired) electrons. The van der Waals surface area contributed by atoms with Crippen molar-refractivity contribution in [2.24, 2.45) is 5.41 Å². The molecule has 1 heterocycles. The minimum Gasteiger partial charge on any atom is -0.432 e. The lowest BCUT2D eigenvalue weighted by atomic mass is 9.87. The van der Waals surface area contributed by atoms with E-state index in [0.29, 0.717) is 18.5 Å². The van der Waals surface area contributed by atoms with Crippen molar-refractivity contribution >= 4 is 11.9 Å². The Morgan fingerprint density at radius 3 is 2.81 bits per heavy atom. The summed E-state index contributed by atoms with van der Waals surface area (Å²) >= 11 is 0. The maximum absolute atomic E-state index is 11.9. The molecule has 0 bridgehead atoms. The molecule has 0 spiro atoms. The molecule has 1 fully saturated rings. The van der Waals surface area contributed by atoms with Gasteiger partial charge in [-0.2, -0.15) is 10.2 Å². The van der Waals surface area contributed by atoms with Crippen LogP contribution in [0.5, 0.6) is 0 Å². The molecule has 2 rings (SSSR count). The van der Waals surface area contributed by atoms with Crippen LogP contribution in [-0.2, 0) is 4.79 Å². The first kappa shape index (κ1) is 10.7. The quantitative estimate of drug-likeness (QED) is 0.825. The normalized spacial score (nSPS) is 18.0. The maximum Gasteiger partial charge on any atom is 0.301 e. The Kier molecular flexibility index (Phi) is 2.65. The molecule has 0 unspecified atom stereocenters. The van der Waals surface area contributed by atoms with E-state index in [2.05, 4.69) is 16.4 Å². The molecule has 1 N–H and O–H groups in total. The largest absolute Gasteiger partial charge is 0.432 e. The van der Waals surface area contributed by atoms with Gasteiger partial charge in [-0.15, -0.1) is 0 Å². The number of anilines is 1. The van der Waals surface area contributed by atoms with Crippen LogP contribution in [0.15, 0.2) is 10.7 Å². The van der Waals surface area contributed by atoms with Crippen molar-refractivity contribution in [2.75, 3.05) is 5.32 Å². The zero-order valence-electron chi connectivity index (χ0n) is 9.12. The summed E-state index contributed by atoms with van der Waals surface area (Å²) < 4.78 is 5.03. The van der Waals surface area contributed by atoms with Crippen molar-refractivity contribution in [2.45, 2.75) is 32.6 Å². The van der Waals surface area contributed by atoms with Gasteiger partial charge in [0, 0.05) is 0 Å². The molecule has 1 saturated carbocycles.